The lowest BCUT2D eigenvalue weighted by Crippen LogP contribution is -2.18. The van der Waals surface area contributed by atoms with Gasteiger partial charge < -0.3 is 10.1 Å². The van der Waals surface area contributed by atoms with Gasteiger partial charge in [0.1, 0.15) is 12.4 Å². The molecule has 3 aromatic rings. The zero-order valence-electron chi connectivity index (χ0n) is 12.6. The molecule has 3 nitrogen and oxygen atoms in total. The highest BCUT2D eigenvalue weighted by molar-refractivity contribution is 7.19. The minimum absolute atomic E-state index is 0.0699. The van der Waals surface area contributed by atoms with E-state index in [2.05, 4.69) is 5.32 Å². The largest absolute Gasteiger partial charge is 0.488 e. The van der Waals surface area contributed by atoms with Crippen molar-refractivity contribution >= 4 is 27.3 Å². The second-order valence-corrected chi connectivity index (χ2v) is 6.27. The molecule has 3 rings (SSSR count). The Morgan fingerprint density at radius 2 is 1.91 bits per heavy atom. The number of amides is 1. The maximum absolute atomic E-state index is 12.2. The Labute approximate surface area is 133 Å². The van der Waals surface area contributed by atoms with Crippen LogP contribution in [0.15, 0.2) is 48.5 Å². The molecule has 0 aliphatic carbocycles. The van der Waals surface area contributed by atoms with Gasteiger partial charge in [-0.2, -0.15) is 0 Å². The Morgan fingerprint density at radius 3 is 2.64 bits per heavy atom. The third-order valence-corrected chi connectivity index (χ3v) is 4.61. The molecule has 0 saturated heterocycles. The molecule has 0 saturated carbocycles. The van der Waals surface area contributed by atoms with Gasteiger partial charge in [0, 0.05) is 22.0 Å². The second-order valence-electron chi connectivity index (χ2n) is 5.02. The SMILES string of the molecule is CNC(=O)c1c(C)sc2cccc(OCc3ccccc3)c12. The molecule has 1 aromatic heterocycles. The fourth-order valence-corrected chi connectivity index (χ4v) is 3.57. The molecule has 0 atom stereocenters. The first-order chi connectivity index (χ1) is 10.7. The van der Waals surface area contributed by atoms with Gasteiger partial charge >= 0.3 is 0 Å². The first kappa shape index (κ1) is 14.6. The average molecular weight is 311 g/mol. The number of hydrogen-bond donors (Lipinski definition) is 1. The summed E-state index contributed by atoms with van der Waals surface area (Å²) in [6.07, 6.45) is 0. The number of ether oxygens (including phenoxy) is 1. The average Bonchev–Trinajstić information content (AvgIpc) is 2.89. The summed E-state index contributed by atoms with van der Waals surface area (Å²) in [6.45, 7) is 2.46. The number of nitrogens with one attached hydrogen (secondary N) is 1. The maximum Gasteiger partial charge on any atom is 0.252 e. The van der Waals surface area contributed by atoms with Crippen LogP contribution in [0.3, 0.4) is 0 Å². The van der Waals surface area contributed by atoms with E-state index in [1.54, 1.807) is 18.4 Å². The molecule has 0 radical (unpaired) electrons. The molecule has 22 heavy (non-hydrogen) atoms. The lowest BCUT2D eigenvalue weighted by molar-refractivity contribution is 0.0964. The third kappa shape index (κ3) is 2.70. The van der Waals surface area contributed by atoms with E-state index >= 15 is 0 Å². The van der Waals surface area contributed by atoms with E-state index in [0.29, 0.717) is 12.2 Å². The van der Waals surface area contributed by atoms with E-state index in [0.717, 1.165) is 26.3 Å². The minimum Gasteiger partial charge on any atom is -0.488 e. The van der Waals surface area contributed by atoms with Crippen LogP contribution < -0.4 is 10.1 Å². The molecule has 0 spiro atoms. The summed E-state index contributed by atoms with van der Waals surface area (Å²) in [4.78, 5) is 13.2. The molecule has 1 heterocycles. The fraction of sp³-hybridized carbons (Fsp3) is 0.167. The molecule has 0 bridgehead atoms. The number of fused-ring (bicyclic) bond motifs is 1. The zero-order chi connectivity index (χ0) is 15.5. The molecule has 4 heteroatoms. The topological polar surface area (TPSA) is 38.3 Å². The van der Waals surface area contributed by atoms with Gasteiger partial charge in [0.2, 0.25) is 0 Å². The molecule has 0 fully saturated rings. The van der Waals surface area contributed by atoms with Crippen LogP contribution in [0.5, 0.6) is 5.75 Å². The van der Waals surface area contributed by atoms with E-state index in [1.165, 1.54) is 0 Å². The van der Waals surface area contributed by atoms with Crippen molar-refractivity contribution in [3.63, 3.8) is 0 Å². The van der Waals surface area contributed by atoms with Gasteiger partial charge in [-0.3, -0.25) is 4.79 Å². The van der Waals surface area contributed by atoms with Crippen molar-refractivity contribution < 1.29 is 9.53 Å². The highest BCUT2D eigenvalue weighted by atomic mass is 32.1. The summed E-state index contributed by atoms with van der Waals surface area (Å²) in [7, 11) is 1.65. The van der Waals surface area contributed by atoms with Gasteiger partial charge in [-0.05, 0) is 24.6 Å². The van der Waals surface area contributed by atoms with E-state index < -0.39 is 0 Å². The van der Waals surface area contributed by atoms with Gasteiger partial charge in [-0.25, -0.2) is 0 Å². The molecular formula is C18H17NO2S. The minimum atomic E-state index is -0.0699. The molecule has 1 amide bonds. The number of benzene rings is 2. The van der Waals surface area contributed by atoms with Crippen molar-refractivity contribution in [2.75, 3.05) is 7.05 Å². The lowest BCUT2D eigenvalue weighted by Gasteiger charge is -2.09. The number of hydrogen-bond acceptors (Lipinski definition) is 3. The van der Waals surface area contributed by atoms with Crippen LogP contribution in [-0.2, 0) is 6.61 Å². The third-order valence-electron chi connectivity index (χ3n) is 3.54. The second kappa shape index (κ2) is 6.20. The molecular weight excluding hydrogens is 294 g/mol. The smallest absolute Gasteiger partial charge is 0.252 e. The van der Waals surface area contributed by atoms with Crippen molar-refractivity contribution in [3.05, 3.63) is 64.5 Å². The highest BCUT2D eigenvalue weighted by Gasteiger charge is 2.18. The van der Waals surface area contributed by atoms with Crippen LogP contribution >= 0.6 is 11.3 Å². The van der Waals surface area contributed by atoms with E-state index in [-0.39, 0.29) is 5.91 Å². The molecule has 0 unspecified atom stereocenters. The summed E-state index contributed by atoms with van der Waals surface area (Å²) in [5.74, 6) is 0.684. The Bertz CT molecular complexity index is 809. The van der Waals surface area contributed by atoms with Gasteiger partial charge in [-0.1, -0.05) is 36.4 Å². The number of carbonyl (C=O) groups excluding carboxylic acids is 1. The summed E-state index contributed by atoms with van der Waals surface area (Å²) in [5, 5.41) is 3.62. The fourth-order valence-electron chi connectivity index (χ4n) is 2.49. The number of thiophene rings is 1. The maximum atomic E-state index is 12.2. The van der Waals surface area contributed by atoms with Crippen molar-refractivity contribution in [2.45, 2.75) is 13.5 Å². The van der Waals surface area contributed by atoms with Crippen LogP contribution in [-0.4, -0.2) is 13.0 Å². The Balaban J connectivity index is 2.00. The first-order valence-electron chi connectivity index (χ1n) is 7.11. The molecule has 0 aliphatic rings. The van der Waals surface area contributed by atoms with Crippen molar-refractivity contribution in [1.82, 2.24) is 5.32 Å². The molecule has 112 valence electrons. The number of carbonyl (C=O) groups is 1. The van der Waals surface area contributed by atoms with E-state index in [9.17, 15) is 4.79 Å². The van der Waals surface area contributed by atoms with Gasteiger partial charge in [0.05, 0.1) is 5.56 Å². The van der Waals surface area contributed by atoms with Crippen LogP contribution in [0.2, 0.25) is 0 Å². The molecule has 0 aliphatic heterocycles. The van der Waals surface area contributed by atoms with E-state index in [4.69, 9.17) is 4.74 Å². The number of aryl methyl sites for hydroxylation is 1. The quantitative estimate of drug-likeness (QED) is 0.786. The zero-order valence-corrected chi connectivity index (χ0v) is 13.4. The normalized spacial score (nSPS) is 10.6. The van der Waals surface area contributed by atoms with Crippen LogP contribution in [0.4, 0.5) is 0 Å². The van der Waals surface area contributed by atoms with Crippen LogP contribution in [0.25, 0.3) is 10.1 Å². The Hall–Kier alpha value is -2.33. The van der Waals surface area contributed by atoms with Gasteiger partial charge in [-0.15, -0.1) is 11.3 Å². The molecule has 2 aromatic carbocycles. The van der Waals surface area contributed by atoms with E-state index in [1.807, 2.05) is 55.5 Å². The van der Waals surface area contributed by atoms with Crippen LogP contribution in [0, 0.1) is 6.92 Å². The number of rotatable bonds is 4. The lowest BCUT2D eigenvalue weighted by atomic mass is 10.1. The summed E-state index contributed by atoms with van der Waals surface area (Å²) in [5.41, 5.74) is 1.82. The highest BCUT2D eigenvalue weighted by Crippen LogP contribution is 2.37. The predicted molar refractivity (Wildman–Crippen MR) is 90.7 cm³/mol. The van der Waals surface area contributed by atoms with Crippen molar-refractivity contribution in [1.29, 1.82) is 0 Å². The predicted octanol–water partition coefficient (Wildman–Crippen LogP) is 4.15. The Kier molecular flexibility index (Phi) is 4.11. The summed E-state index contributed by atoms with van der Waals surface area (Å²) < 4.78 is 7.05. The van der Waals surface area contributed by atoms with Crippen molar-refractivity contribution in [3.8, 4) is 5.75 Å². The molecule has 1 N–H and O–H groups in total. The summed E-state index contributed by atoms with van der Waals surface area (Å²) in [6, 6.07) is 15.9. The Morgan fingerprint density at radius 1 is 1.14 bits per heavy atom. The first-order valence-corrected chi connectivity index (χ1v) is 7.93. The van der Waals surface area contributed by atoms with Gasteiger partial charge in [0.15, 0.2) is 0 Å². The summed E-state index contributed by atoms with van der Waals surface area (Å²) >= 11 is 1.62. The van der Waals surface area contributed by atoms with Gasteiger partial charge in [0.25, 0.3) is 5.91 Å². The standard InChI is InChI=1S/C18H17NO2S/c1-12-16(18(20)19-2)17-14(9-6-10-15(17)22-12)21-11-13-7-4-3-5-8-13/h3-10H,11H2,1-2H3,(H,19,20). The monoisotopic (exact) mass is 311 g/mol. The van der Waals surface area contributed by atoms with Crippen LogP contribution in [0.1, 0.15) is 20.8 Å². The van der Waals surface area contributed by atoms with Crippen molar-refractivity contribution in [2.24, 2.45) is 0 Å².